The number of halogens is 1. The molecule has 4 rings (SSSR count). The van der Waals surface area contributed by atoms with E-state index in [1.54, 1.807) is 29.2 Å². The van der Waals surface area contributed by atoms with Gasteiger partial charge in [0, 0.05) is 23.1 Å². The number of rotatable bonds is 4. The van der Waals surface area contributed by atoms with E-state index in [1.165, 1.54) is 11.0 Å². The van der Waals surface area contributed by atoms with E-state index in [0.29, 0.717) is 12.2 Å². The maximum Gasteiger partial charge on any atom is 0.229 e. The summed E-state index contributed by atoms with van der Waals surface area (Å²) < 4.78 is 2.36. The number of benzene rings is 2. The van der Waals surface area contributed by atoms with Gasteiger partial charge in [-0.2, -0.15) is 0 Å². The lowest BCUT2D eigenvalue weighted by Gasteiger charge is -2.18. The van der Waals surface area contributed by atoms with Gasteiger partial charge < -0.3 is 10.2 Å². The fourth-order valence-corrected chi connectivity index (χ4v) is 3.51. The van der Waals surface area contributed by atoms with E-state index in [4.69, 9.17) is 0 Å². The predicted octanol–water partition coefficient (Wildman–Crippen LogP) is 2.42. The molecule has 0 radical (unpaired) electrons. The van der Waals surface area contributed by atoms with Crippen molar-refractivity contribution in [2.75, 3.05) is 16.8 Å². The summed E-state index contributed by atoms with van der Waals surface area (Å²) in [7, 11) is 0. The van der Waals surface area contributed by atoms with Gasteiger partial charge in [0.2, 0.25) is 11.8 Å². The molecule has 1 aromatic heterocycles. The van der Waals surface area contributed by atoms with Gasteiger partial charge in [0.15, 0.2) is 0 Å². The van der Waals surface area contributed by atoms with Crippen LogP contribution < -0.4 is 10.2 Å². The number of tetrazole rings is 1. The lowest BCUT2D eigenvalue weighted by atomic mass is 10.1. The second-order valence-corrected chi connectivity index (χ2v) is 7.00. The molecule has 1 aliphatic rings. The van der Waals surface area contributed by atoms with Crippen LogP contribution in [0.5, 0.6) is 0 Å². The first kappa shape index (κ1) is 17.3. The quantitative estimate of drug-likeness (QED) is 0.691. The largest absolute Gasteiger partial charge is 0.326 e. The highest BCUT2D eigenvalue weighted by molar-refractivity contribution is 9.10. The van der Waals surface area contributed by atoms with Crippen molar-refractivity contribution in [2.24, 2.45) is 5.92 Å². The molecule has 2 heterocycles. The minimum Gasteiger partial charge on any atom is -0.326 e. The number of para-hydroxylation sites is 1. The first-order chi connectivity index (χ1) is 13.1. The first-order valence-corrected chi connectivity index (χ1v) is 9.10. The summed E-state index contributed by atoms with van der Waals surface area (Å²) in [6.45, 7) is 0.357. The molecule has 0 bridgehead atoms. The summed E-state index contributed by atoms with van der Waals surface area (Å²) in [6.07, 6.45) is 1.68. The average Bonchev–Trinajstić information content (AvgIpc) is 3.33. The van der Waals surface area contributed by atoms with E-state index in [2.05, 4.69) is 36.8 Å². The zero-order valence-electron chi connectivity index (χ0n) is 14.1. The second kappa shape index (κ2) is 7.28. The van der Waals surface area contributed by atoms with Gasteiger partial charge >= 0.3 is 0 Å². The average molecular weight is 427 g/mol. The number of anilines is 2. The number of carbonyl (C=O) groups excluding carboxylic acids is 2. The molecule has 27 heavy (non-hydrogen) atoms. The molecule has 0 saturated carbocycles. The van der Waals surface area contributed by atoms with Gasteiger partial charge in [0.25, 0.3) is 0 Å². The third-order valence-corrected chi connectivity index (χ3v) is 5.06. The molecule has 1 N–H and O–H groups in total. The minimum atomic E-state index is -0.399. The van der Waals surface area contributed by atoms with Crippen LogP contribution in [0.4, 0.5) is 11.4 Å². The van der Waals surface area contributed by atoms with E-state index < -0.39 is 5.92 Å². The summed E-state index contributed by atoms with van der Waals surface area (Å²) in [5.41, 5.74) is 2.22. The van der Waals surface area contributed by atoms with Gasteiger partial charge in [-0.1, -0.05) is 12.1 Å². The summed E-state index contributed by atoms with van der Waals surface area (Å²) in [5, 5.41) is 13.9. The fourth-order valence-electron chi connectivity index (χ4n) is 3.01. The highest BCUT2D eigenvalue weighted by Crippen LogP contribution is 2.31. The van der Waals surface area contributed by atoms with Crippen LogP contribution in [0.1, 0.15) is 6.42 Å². The molecule has 2 amide bonds. The van der Waals surface area contributed by atoms with Crippen molar-refractivity contribution in [3.63, 3.8) is 0 Å². The van der Waals surface area contributed by atoms with Gasteiger partial charge in [-0.3, -0.25) is 9.59 Å². The Balaban J connectivity index is 1.43. The van der Waals surface area contributed by atoms with Gasteiger partial charge in [0.1, 0.15) is 6.33 Å². The number of aromatic nitrogens is 4. The third kappa shape index (κ3) is 3.59. The summed E-state index contributed by atoms with van der Waals surface area (Å²) in [5.74, 6) is -0.632. The van der Waals surface area contributed by atoms with Crippen LogP contribution in [-0.4, -0.2) is 38.6 Å². The molecule has 2 aromatic carbocycles. The zero-order chi connectivity index (χ0) is 18.8. The zero-order valence-corrected chi connectivity index (χ0v) is 15.7. The molecule has 1 aliphatic heterocycles. The van der Waals surface area contributed by atoms with Gasteiger partial charge in [-0.15, -0.1) is 5.10 Å². The maximum atomic E-state index is 12.6. The second-order valence-electron chi connectivity index (χ2n) is 6.15. The van der Waals surface area contributed by atoms with Crippen molar-refractivity contribution in [2.45, 2.75) is 6.42 Å². The van der Waals surface area contributed by atoms with Gasteiger partial charge in [-0.05, 0) is 62.8 Å². The number of nitrogens with one attached hydrogen (secondary N) is 1. The van der Waals surface area contributed by atoms with E-state index in [9.17, 15) is 9.59 Å². The molecule has 136 valence electrons. The Kier molecular flexibility index (Phi) is 4.68. The van der Waals surface area contributed by atoms with Crippen LogP contribution in [0, 0.1) is 5.92 Å². The molecule has 0 spiro atoms. The Morgan fingerprint density at radius 1 is 1.15 bits per heavy atom. The Morgan fingerprint density at radius 3 is 2.63 bits per heavy atom. The third-order valence-electron chi connectivity index (χ3n) is 4.39. The smallest absolute Gasteiger partial charge is 0.229 e. The van der Waals surface area contributed by atoms with Crippen LogP contribution in [0.2, 0.25) is 0 Å². The van der Waals surface area contributed by atoms with Gasteiger partial charge in [0.05, 0.1) is 17.3 Å². The van der Waals surface area contributed by atoms with E-state index in [0.717, 1.165) is 15.8 Å². The number of carbonyl (C=O) groups is 2. The lowest BCUT2D eigenvalue weighted by Crippen LogP contribution is -2.28. The molecule has 1 unspecified atom stereocenters. The van der Waals surface area contributed by atoms with Gasteiger partial charge in [-0.25, -0.2) is 4.68 Å². The lowest BCUT2D eigenvalue weighted by molar-refractivity contribution is -0.122. The minimum absolute atomic E-state index is 0.0592. The molecule has 9 heteroatoms. The first-order valence-electron chi connectivity index (χ1n) is 8.31. The van der Waals surface area contributed by atoms with Crippen molar-refractivity contribution in [3.05, 3.63) is 59.3 Å². The van der Waals surface area contributed by atoms with Crippen molar-refractivity contribution < 1.29 is 9.59 Å². The van der Waals surface area contributed by atoms with Crippen molar-refractivity contribution >= 4 is 39.1 Å². The molecule has 0 aliphatic carbocycles. The van der Waals surface area contributed by atoms with E-state index in [-0.39, 0.29) is 18.2 Å². The molecule has 1 fully saturated rings. The standard InChI is InChI=1S/C18H15BrN6O2/c19-15-3-1-2-4-16(15)24-10-12(9-17(24)26)18(27)21-13-5-7-14(8-6-13)25-11-20-22-23-25/h1-8,11-12H,9-10H2,(H,21,27). The van der Waals surface area contributed by atoms with Crippen molar-refractivity contribution in [3.8, 4) is 5.69 Å². The predicted molar refractivity (Wildman–Crippen MR) is 102 cm³/mol. The molecular weight excluding hydrogens is 412 g/mol. The Hall–Kier alpha value is -3.07. The van der Waals surface area contributed by atoms with Crippen LogP contribution in [0.25, 0.3) is 5.69 Å². The Morgan fingerprint density at radius 2 is 1.93 bits per heavy atom. The highest BCUT2D eigenvalue weighted by atomic mass is 79.9. The molecular formula is C18H15BrN6O2. The molecule has 1 atom stereocenters. The van der Waals surface area contributed by atoms with E-state index in [1.807, 2.05) is 24.3 Å². The number of amides is 2. The van der Waals surface area contributed by atoms with Crippen LogP contribution in [-0.2, 0) is 9.59 Å². The topological polar surface area (TPSA) is 93.0 Å². The van der Waals surface area contributed by atoms with Crippen LogP contribution >= 0.6 is 15.9 Å². The maximum absolute atomic E-state index is 12.6. The summed E-state index contributed by atoms with van der Waals surface area (Å²) >= 11 is 3.46. The number of hydrogen-bond acceptors (Lipinski definition) is 5. The van der Waals surface area contributed by atoms with E-state index >= 15 is 0 Å². The molecule has 8 nitrogen and oxygen atoms in total. The SMILES string of the molecule is O=C(Nc1ccc(-n2cnnn2)cc1)C1CC(=O)N(c2ccccc2Br)C1. The van der Waals surface area contributed by atoms with Crippen molar-refractivity contribution in [1.29, 1.82) is 0 Å². The Labute approximate surface area is 163 Å². The van der Waals surface area contributed by atoms with Crippen molar-refractivity contribution in [1.82, 2.24) is 20.2 Å². The highest BCUT2D eigenvalue weighted by Gasteiger charge is 2.35. The van der Waals surface area contributed by atoms with Crippen LogP contribution in [0.3, 0.4) is 0 Å². The fraction of sp³-hybridized carbons (Fsp3) is 0.167. The summed E-state index contributed by atoms with van der Waals surface area (Å²) in [4.78, 5) is 26.6. The molecule has 3 aromatic rings. The monoisotopic (exact) mass is 426 g/mol. The normalized spacial score (nSPS) is 16.6. The Bertz CT molecular complexity index is 974. The van der Waals surface area contributed by atoms with Crippen LogP contribution in [0.15, 0.2) is 59.3 Å². The number of nitrogens with zero attached hydrogens (tertiary/aromatic N) is 5. The molecule has 1 saturated heterocycles. The summed E-state index contributed by atoms with van der Waals surface area (Å²) in [6, 6.07) is 14.7. The number of hydrogen-bond donors (Lipinski definition) is 1.